The summed E-state index contributed by atoms with van der Waals surface area (Å²) in [5.41, 5.74) is 0. The van der Waals surface area contributed by atoms with Crippen LogP contribution in [-0.2, 0) is 0 Å². The molecule has 0 radical (unpaired) electrons. The first kappa shape index (κ1) is 43.3. The van der Waals surface area contributed by atoms with E-state index in [4.69, 9.17) is 30.6 Å². The monoisotopic (exact) mass is 622 g/mol. The summed E-state index contributed by atoms with van der Waals surface area (Å²) in [5, 5.41) is 51.2. The minimum Gasteiger partial charge on any atom is -0.396 e. The van der Waals surface area contributed by atoms with Gasteiger partial charge in [-0.1, -0.05) is 28.5 Å². The Balaban J connectivity index is -0.000000167. The summed E-state index contributed by atoms with van der Waals surface area (Å²) >= 11 is 19.9. The van der Waals surface area contributed by atoms with Crippen molar-refractivity contribution < 1.29 is 30.6 Å². The molecule has 0 aromatic rings. The minimum absolute atomic E-state index is 0.0293. The van der Waals surface area contributed by atoms with E-state index in [0.29, 0.717) is 17.6 Å². The molecule has 1 saturated carbocycles. The Bertz CT molecular complexity index is 311. The second kappa shape index (κ2) is 37.4. The molecule has 0 aromatic heterocycles. The quantitative estimate of drug-likeness (QED) is 0.0966. The van der Waals surface area contributed by atoms with E-state index in [1.807, 2.05) is 6.92 Å². The molecule has 0 bridgehead atoms. The van der Waals surface area contributed by atoms with Crippen LogP contribution in [0.25, 0.3) is 0 Å². The van der Waals surface area contributed by atoms with E-state index < -0.39 is 0 Å². The molecule has 0 heterocycles. The lowest BCUT2D eigenvalue weighted by Crippen LogP contribution is -2.17. The zero-order valence-electron chi connectivity index (χ0n) is 20.5. The molecule has 1 aliphatic carbocycles. The smallest absolute Gasteiger partial charge is 0.0625 e. The second-order valence-corrected chi connectivity index (χ2v) is 13.0. The Morgan fingerprint density at radius 1 is 0.824 bits per heavy atom. The van der Waals surface area contributed by atoms with Crippen molar-refractivity contribution in [2.24, 2.45) is 0 Å². The molecule has 0 amide bonds. The number of hydrogen-bond acceptors (Lipinski definition) is 13. The van der Waals surface area contributed by atoms with Gasteiger partial charge in [0.1, 0.15) is 0 Å². The molecule has 0 saturated heterocycles. The van der Waals surface area contributed by atoms with Crippen molar-refractivity contribution in [2.75, 3.05) is 49.4 Å². The second-order valence-electron chi connectivity index (χ2n) is 7.21. The maximum Gasteiger partial charge on any atom is 0.0625 e. The van der Waals surface area contributed by atoms with Gasteiger partial charge < -0.3 is 30.6 Å². The lowest BCUT2D eigenvalue weighted by Gasteiger charge is -2.20. The zero-order valence-corrected chi connectivity index (χ0v) is 26.6. The third-order valence-corrected chi connectivity index (χ3v) is 8.49. The van der Waals surface area contributed by atoms with Crippen molar-refractivity contribution in [2.45, 2.75) is 80.3 Å². The molecule has 3 atom stereocenters. The molecule has 0 spiro atoms. The highest BCUT2D eigenvalue weighted by atomic mass is 33.1. The first-order valence-electron chi connectivity index (χ1n) is 11.4. The van der Waals surface area contributed by atoms with Gasteiger partial charge in [-0.15, -0.1) is 0 Å². The van der Waals surface area contributed by atoms with Gasteiger partial charge in [-0.25, -0.2) is 0 Å². The summed E-state index contributed by atoms with van der Waals surface area (Å²) < 4.78 is 0. The normalized spacial score (nSPS) is 19.3. The molecule has 1 fully saturated rings. The Hall–Kier alpha value is 2.21. The Morgan fingerprint density at radius 3 is 1.44 bits per heavy atom. The van der Waals surface area contributed by atoms with Crippen LogP contribution in [0.1, 0.15) is 52.4 Å². The highest BCUT2D eigenvalue weighted by Gasteiger charge is 2.15. The van der Waals surface area contributed by atoms with Gasteiger partial charge >= 0.3 is 0 Å². The molecular formula is C21H50O6S7. The Morgan fingerprint density at radius 2 is 1.26 bits per heavy atom. The predicted octanol–water partition coefficient (Wildman–Crippen LogP) is 3.15. The van der Waals surface area contributed by atoms with E-state index in [-0.39, 0.29) is 42.5 Å². The summed E-state index contributed by atoms with van der Waals surface area (Å²) in [4.78, 5) is 0. The van der Waals surface area contributed by atoms with Crippen LogP contribution in [0.3, 0.4) is 0 Å². The molecule has 0 aromatic carbocycles. The van der Waals surface area contributed by atoms with Crippen molar-refractivity contribution in [3.8, 4) is 0 Å². The SMILES string of the molecule is CC(O)C(C)S.OC1CCC(S)CC1.OCC(S)CS.OCCCCS.OCCSSCCO. The number of unbranched alkanes of at least 4 members (excludes halogenated alkanes) is 1. The lowest BCUT2D eigenvalue weighted by atomic mass is 9.98. The van der Waals surface area contributed by atoms with Crippen LogP contribution in [0, 0.1) is 0 Å². The summed E-state index contributed by atoms with van der Waals surface area (Å²) in [5.74, 6) is 3.04. The maximum atomic E-state index is 8.99. The molecule has 3 unspecified atom stereocenters. The lowest BCUT2D eigenvalue weighted by molar-refractivity contribution is 0.132. The van der Waals surface area contributed by atoms with Crippen LogP contribution in [-0.4, -0.2) is 108 Å². The molecule has 1 rings (SSSR count). The van der Waals surface area contributed by atoms with Crippen molar-refractivity contribution in [3.05, 3.63) is 0 Å². The largest absolute Gasteiger partial charge is 0.396 e. The van der Waals surface area contributed by atoms with Crippen molar-refractivity contribution in [3.63, 3.8) is 0 Å². The van der Waals surface area contributed by atoms with Gasteiger partial charge in [-0.2, -0.15) is 63.1 Å². The third-order valence-electron chi connectivity index (χ3n) is 3.78. The standard InChI is InChI=1S/C6H12OS.C4H10O2S2.2C4H10OS.C3H8OS2/c7-5-1-3-6(8)4-2-5;5-1-3-7-8-4-2-6;1-3(5)4(2)6;5-3-1-2-4-6;4-1-3(6)2-5/h5-8H,1-4H2;5-6H,1-4H2;3-6H,1-2H3;5-6H,1-4H2;3-6H,1-2H2. The molecular weight excluding hydrogens is 573 g/mol. The first-order chi connectivity index (χ1) is 16.1. The van der Waals surface area contributed by atoms with E-state index in [2.05, 4.69) is 63.1 Å². The molecule has 6 N–H and O–H groups in total. The van der Waals surface area contributed by atoms with E-state index in [1.54, 1.807) is 28.5 Å². The van der Waals surface area contributed by atoms with Gasteiger partial charge in [0, 0.05) is 39.6 Å². The zero-order chi connectivity index (χ0) is 27.2. The van der Waals surface area contributed by atoms with Gasteiger partial charge in [-0.3, -0.25) is 0 Å². The van der Waals surface area contributed by atoms with Crippen molar-refractivity contribution in [1.82, 2.24) is 0 Å². The van der Waals surface area contributed by atoms with Gasteiger partial charge in [0.2, 0.25) is 0 Å². The van der Waals surface area contributed by atoms with Crippen molar-refractivity contribution >= 4 is 84.7 Å². The number of aliphatic hydroxyl groups excluding tert-OH is 6. The van der Waals surface area contributed by atoms with E-state index in [1.165, 1.54) is 0 Å². The van der Waals surface area contributed by atoms with Crippen LogP contribution in [0.2, 0.25) is 0 Å². The van der Waals surface area contributed by atoms with Gasteiger partial charge in [0.05, 0.1) is 32.0 Å². The van der Waals surface area contributed by atoms with Gasteiger partial charge in [0.25, 0.3) is 0 Å². The maximum absolute atomic E-state index is 8.99. The first-order valence-corrected chi connectivity index (χ1v) is 16.7. The van der Waals surface area contributed by atoms with E-state index >= 15 is 0 Å². The van der Waals surface area contributed by atoms with E-state index in [9.17, 15) is 0 Å². The fraction of sp³-hybridized carbons (Fsp3) is 1.00. The fourth-order valence-corrected chi connectivity index (χ4v) is 3.71. The molecule has 212 valence electrons. The number of thiol groups is 5. The number of aliphatic hydroxyl groups is 6. The number of rotatable bonds is 11. The van der Waals surface area contributed by atoms with Crippen LogP contribution in [0.4, 0.5) is 0 Å². The average molecular weight is 623 g/mol. The Kier molecular flexibility index (Phi) is 47.5. The average Bonchev–Trinajstić information content (AvgIpc) is 2.83. The summed E-state index contributed by atoms with van der Waals surface area (Å²) in [6.07, 6.45) is 5.69. The van der Waals surface area contributed by atoms with Crippen LogP contribution >= 0.6 is 84.7 Å². The van der Waals surface area contributed by atoms with Gasteiger partial charge in [-0.05, 0) is 51.2 Å². The number of hydrogen-bond donors (Lipinski definition) is 11. The summed E-state index contributed by atoms with van der Waals surface area (Å²) in [6.45, 7) is 4.45. The van der Waals surface area contributed by atoms with Crippen LogP contribution in [0.15, 0.2) is 0 Å². The molecule has 1 aliphatic rings. The predicted molar refractivity (Wildman–Crippen MR) is 170 cm³/mol. The van der Waals surface area contributed by atoms with Gasteiger partial charge in [0.15, 0.2) is 0 Å². The van der Waals surface area contributed by atoms with Crippen LogP contribution in [0.5, 0.6) is 0 Å². The summed E-state index contributed by atoms with van der Waals surface area (Å²) in [7, 11) is 3.17. The Labute approximate surface area is 243 Å². The molecule has 0 aliphatic heterocycles. The molecule has 34 heavy (non-hydrogen) atoms. The molecule has 13 heteroatoms. The fourth-order valence-electron chi connectivity index (χ4n) is 1.53. The van der Waals surface area contributed by atoms with Crippen molar-refractivity contribution in [1.29, 1.82) is 0 Å². The highest BCUT2D eigenvalue weighted by Crippen LogP contribution is 2.21. The van der Waals surface area contributed by atoms with E-state index in [0.717, 1.165) is 55.8 Å². The summed E-state index contributed by atoms with van der Waals surface area (Å²) in [6, 6.07) is 0. The van der Waals surface area contributed by atoms with Crippen LogP contribution < -0.4 is 0 Å². The minimum atomic E-state index is -0.284. The highest BCUT2D eigenvalue weighted by molar-refractivity contribution is 8.76. The molecule has 6 nitrogen and oxygen atoms in total. The third kappa shape index (κ3) is 47.4. The topological polar surface area (TPSA) is 121 Å².